The summed E-state index contributed by atoms with van der Waals surface area (Å²) >= 11 is 0. The van der Waals surface area contributed by atoms with Gasteiger partial charge in [-0.15, -0.1) is 0 Å². The van der Waals surface area contributed by atoms with E-state index in [0.717, 1.165) is 5.56 Å². The summed E-state index contributed by atoms with van der Waals surface area (Å²) in [5.74, 6) is -0.753. The highest BCUT2D eigenvalue weighted by molar-refractivity contribution is 5.79. The first kappa shape index (κ1) is 16.9. The molecule has 0 aromatic carbocycles. The SMILES string of the molecule is Cc1cccn2c(CC(=O)NC(c3ccccn3)C(F)(F)F)cnc12. The van der Waals surface area contributed by atoms with E-state index in [0.29, 0.717) is 11.3 Å². The number of hydrogen-bond donors (Lipinski definition) is 1. The number of fused-ring (bicyclic) bond motifs is 1. The molecule has 0 aliphatic carbocycles. The number of nitrogens with zero attached hydrogens (tertiary/aromatic N) is 3. The van der Waals surface area contributed by atoms with E-state index in [1.165, 1.54) is 30.6 Å². The largest absolute Gasteiger partial charge is 0.414 e. The lowest BCUT2D eigenvalue weighted by molar-refractivity contribution is -0.164. The lowest BCUT2D eigenvalue weighted by Crippen LogP contribution is -2.39. The van der Waals surface area contributed by atoms with Gasteiger partial charge in [-0.25, -0.2) is 4.98 Å². The van der Waals surface area contributed by atoms with Crippen LogP contribution in [-0.2, 0) is 11.2 Å². The van der Waals surface area contributed by atoms with Gasteiger partial charge in [-0.05, 0) is 30.7 Å². The van der Waals surface area contributed by atoms with Gasteiger partial charge in [-0.2, -0.15) is 13.2 Å². The number of nitrogens with one attached hydrogen (secondary N) is 1. The third kappa shape index (κ3) is 3.62. The Balaban J connectivity index is 1.81. The number of carbonyl (C=O) groups excluding carboxylic acids is 1. The summed E-state index contributed by atoms with van der Waals surface area (Å²) in [5, 5.41) is 2.02. The van der Waals surface area contributed by atoms with Crippen LogP contribution in [0.3, 0.4) is 0 Å². The summed E-state index contributed by atoms with van der Waals surface area (Å²) in [4.78, 5) is 20.1. The van der Waals surface area contributed by atoms with Crippen molar-refractivity contribution >= 4 is 11.6 Å². The fourth-order valence-electron chi connectivity index (χ4n) is 2.58. The monoisotopic (exact) mass is 348 g/mol. The minimum absolute atomic E-state index is 0.218. The molecule has 3 aromatic heterocycles. The molecular formula is C17H15F3N4O. The van der Waals surface area contributed by atoms with Gasteiger partial charge < -0.3 is 9.72 Å². The Hall–Kier alpha value is -2.90. The molecule has 130 valence electrons. The molecule has 0 fully saturated rings. The Labute approximate surface area is 141 Å². The molecule has 0 radical (unpaired) electrons. The molecule has 1 atom stereocenters. The third-order valence-electron chi connectivity index (χ3n) is 3.77. The van der Waals surface area contributed by atoms with Crippen LogP contribution < -0.4 is 5.32 Å². The first-order valence-electron chi connectivity index (χ1n) is 7.55. The van der Waals surface area contributed by atoms with E-state index in [4.69, 9.17) is 0 Å². The highest BCUT2D eigenvalue weighted by atomic mass is 19.4. The number of aryl methyl sites for hydroxylation is 1. The molecule has 1 unspecified atom stereocenters. The van der Waals surface area contributed by atoms with Crippen molar-refractivity contribution in [2.75, 3.05) is 0 Å². The Kier molecular flexibility index (Phi) is 4.43. The highest BCUT2D eigenvalue weighted by Gasteiger charge is 2.42. The van der Waals surface area contributed by atoms with E-state index in [2.05, 4.69) is 9.97 Å². The van der Waals surface area contributed by atoms with Gasteiger partial charge >= 0.3 is 6.18 Å². The van der Waals surface area contributed by atoms with Gasteiger partial charge in [-0.1, -0.05) is 12.1 Å². The normalized spacial score (nSPS) is 13.0. The van der Waals surface area contributed by atoms with Gasteiger partial charge in [-0.3, -0.25) is 9.78 Å². The highest BCUT2D eigenvalue weighted by Crippen LogP contribution is 2.31. The van der Waals surface area contributed by atoms with E-state index in [1.54, 1.807) is 16.7 Å². The number of alkyl halides is 3. The molecule has 0 spiro atoms. The average molecular weight is 348 g/mol. The number of hydrogen-bond acceptors (Lipinski definition) is 3. The maximum Gasteiger partial charge on any atom is 0.414 e. The smallest absolute Gasteiger partial charge is 0.339 e. The van der Waals surface area contributed by atoms with Crippen molar-refractivity contribution in [3.63, 3.8) is 0 Å². The molecule has 1 amide bonds. The predicted molar refractivity (Wildman–Crippen MR) is 84.8 cm³/mol. The van der Waals surface area contributed by atoms with Gasteiger partial charge in [0.05, 0.1) is 17.8 Å². The molecular weight excluding hydrogens is 333 g/mol. The molecule has 1 N–H and O–H groups in total. The number of rotatable bonds is 4. The number of amides is 1. The first-order chi connectivity index (χ1) is 11.9. The van der Waals surface area contributed by atoms with Crippen LogP contribution in [-0.4, -0.2) is 26.5 Å². The predicted octanol–water partition coefficient (Wildman–Crippen LogP) is 3.00. The fourth-order valence-corrected chi connectivity index (χ4v) is 2.58. The van der Waals surface area contributed by atoms with Gasteiger partial charge in [0.1, 0.15) is 5.65 Å². The number of imidazole rings is 1. The standard InChI is InChI=1S/C17H15F3N4O/c1-11-5-4-8-24-12(10-22-16(11)24)9-14(25)23-15(17(18,19)20)13-6-2-3-7-21-13/h2-8,10,15H,9H2,1H3,(H,23,25). The van der Waals surface area contributed by atoms with Crippen LogP contribution in [0.25, 0.3) is 5.65 Å². The number of carbonyl (C=O) groups is 1. The minimum atomic E-state index is -4.64. The van der Waals surface area contributed by atoms with Crippen LogP contribution in [0, 0.1) is 6.92 Å². The van der Waals surface area contributed by atoms with E-state index in [-0.39, 0.29) is 12.1 Å². The maximum absolute atomic E-state index is 13.3. The molecule has 25 heavy (non-hydrogen) atoms. The van der Waals surface area contributed by atoms with Crippen molar-refractivity contribution in [3.05, 3.63) is 65.9 Å². The summed E-state index contributed by atoms with van der Waals surface area (Å²) in [7, 11) is 0. The third-order valence-corrected chi connectivity index (χ3v) is 3.77. The van der Waals surface area contributed by atoms with Gasteiger partial charge in [0.15, 0.2) is 6.04 Å². The van der Waals surface area contributed by atoms with Crippen molar-refractivity contribution < 1.29 is 18.0 Å². The van der Waals surface area contributed by atoms with Crippen LogP contribution in [0.5, 0.6) is 0 Å². The second-order valence-corrected chi connectivity index (χ2v) is 5.61. The Morgan fingerprint density at radius 3 is 2.72 bits per heavy atom. The number of aromatic nitrogens is 3. The van der Waals surface area contributed by atoms with Crippen molar-refractivity contribution in [2.24, 2.45) is 0 Å². The second-order valence-electron chi connectivity index (χ2n) is 5.61. The quantitative estimate of drug-likeness (QED) is 0.789. The summed E-state index contributed by atoms with van der Waals surface area (Å²) in [6.07, 6.45) is -0.388. The zero-order chi connectivity index (χ0) is 18.0. The van der Waals surface area contributed by atoms with Crippen molar-refractivity contribution in [1.29, 1.82) is 0 Å². The second kappa shape index (κ2) is 6.54. The summed E-state index contributed by atoms with van der Waals surface area (Å²) in [5.41, 5.74) is 1.84. The first-order valence-corrected chi connectivity index (χ1v) is 7.55. The molecule has 5 nitrogen and oxygen atoms in total. The average Bonchev–Trinajstić information content (AvgIpc) is 2.97. The minimum Gasteiger partial charge on any atom is -0.339 e. The van der Waals surface area contributed by atoms with Crippen LogP contribution >= 0.6 is 0 Å². The molecule has 3 rings (SSSR count). The van der Waals surface area contributed by atoms with Gasteiger partial charge in [0, 0.05) is 18.6 Å². The van der Waals surface area contributed by atoms with Crippen molar-refractivity contribution in [1.82, 2.24) is 19.7 Å². The van der Waals surface area contributed by atoms with E-state index < -0.39 is 18.1 Å². The van der Waals surface area contributed by atoms with Crippen LogP contribution in [0.4, 0.5) is 13.2 Å². The topological polar surface area (TPSA) is 59.3 Å². The Morgan fingerprint density at radius 2 is 2.04 bits per heavy atom. The molecule has 0 aliphatic rings. The lowest BCUT2D eigenvalue weighted by atomic mass is 10.1. The molecule has 0 saturated heterocycles. The van der Waals surface area contributed by atoms with Crippen molar-refractivity contribution in [3.8, 4) is 0 Å². The van der Waals surface area contributed by atoms with Crippen molar-refractivity contribution in [2.45, 2.75) is 25.6 Å². The van der Waals surface area contributed by atoms with Gasteiger partial charge in [0.2, 0.25) is 5.91 Å². The molecule has 3 heterocycles. The van der Waals surface area contributed by atoms with Gasteiger partial charge in [0.25, 0.3) is 0 Å². The molecule has 0 saturated carbocycles. The lowest BCUT2D eigenvalue weighted by Gasteiger charge is -2.21. The molecule has 3 aromatic rings. The maximum atomic E-state index is 13.3. The fraction of sp³-hybridized carbons (Fsp3) is 0.235. The summed E-state index contributed by atoms with van der Waals surface area (Å²) in [6.45, 7) is 1.87. The summed E-state index contributed by atoms with van der Waals surface area (Å²) in [6, 6.07) is 5.70. The number of pyridine rings is 2. The molecule has 0 aliphatic heterocycles. The zero-order valence-corrected chi connectivity index (χ0v) is 13.3. The molecule has 0 bridgehead atoms. The Morgan fingerprint density at radius 1 is 1.24 bits per heavy atom. The zero-order valence-electron chi connectivity index (χ0n) is 13.3. The number of halogens is 3. The van der Waals surface area contributed by atoms with Crippen LogP contribution in [0.2, 0.25) is 0 Å². The van der Waals surface area contributed by atoms with E-state index >= 15 is 0 Å². The molecule has 8 heteroatoms. The summed E-state index contributed by atoms with van der Waals surface area (Å²) < 4.78 is 41.5. The van der Waals surface area contributed by atoms with Crippen LogP contribution in [0.1, 0.15) is 23.0 Å². The van der Waals surface area contributed by atoms with E-state index in [9.17, 15) is 18.0 Å². The van der Waals surface area contributed by atoms with E-state index in [1.807, 2.05) is 18.3 Å². The van der Waals surface area contributed by atoms with Crippen LogP contribution in [0.15, 0.2) is 48.9 Å². The Bertz CT molecular complexity index is 890.